The molecule has 0 saturated heterocycles. The minimum atomic E-state index is -0.702. The van der Waals surface area contributed by atoms with E-state index in [0.29, 0.717) is 4.47 Å². The summed E-state index contributed by atoms with van der Waals surface area (Å²) in [5, 5.41) is 11.0. The van der Waals surface area contributed by atoms with Crippen LogP contribution < -0.4 is 4.74 Å². The Balaban J connectivity index is 2.46. The summed E-state index contributed by atoms with van der Waals surface area (Å²) in [5.41, 5.74) is -0.337. The maximum atomic E-state index is 13.8. The molecule has 0 aromatic heterocycles. The summed E-state index contributed by atoms with van der Waals surface area (Å²) < 4.78 is 24.1. The zero-order chi connectivity index (χ0) is 16.3. The molecule has 2 rings (SSSR count). The van der Waals surface area contributed by atoms with Crippen molar-refractivity contribution in [1.29, 1.82) is 0 Å². The second-order valence-electron chi connectivity index (χ2n) is 4.11. The molecule has 8 heteroatoms. The molecule has 0 spiro atoms. The van der Waals surface area contributed by atoms with E-state index in [9.17, 15) is 19.3 Å². The van der Waals surface area contributed by atoms with Gasteiger partial charge in [-0.05, 0) is 24.3 Å². The lowest BCUT2D eigenvalue weighted by Crippen LogP contribution is -2.03. The third kappa shape index (κ3) is 3.40. The fourth-order valence-corrected chi connectivity index (χ4v) is 2.00. The van der Waals surface area contributed by atoms with E-state index in [4.69, 9.17) is 4.74 Å². The van der Waals surface area contributed by atoms with Gasteiger partial charge in [-0.15, -0.1) is 0 Å². The van der Waals surface area contributed by atoms with Crippen LogP contribution in [0.5, 0.6) is 11.5 Å². The van der Waals surface area contributed by atoms with Gasteiger partial charge in [0.2, 0.25) is 5.75 Å². The lowest BCUT2D eigenvalue weighted by Gasteiger charge is -2.09. The van der Waals surface area contributed by atoms with Gasteiger partial charge in [-0.2, -0.15) is 0 Å². The van der Waals surface area contributed by atoms with Crippen molar-refractivity contribution in [3.05, 3.63) is 62.4 Å². The molecule has 0 unspecified atom stereocenters. The first-order chi connectivity index (χ1) is 10.4. The highest BCUT2D eigenvalue weighted by molar-refractivity contribution is 9.10. The number of benzene rings is 2. The number of rotatable bonds is 4. The average molecular weight is 370 g/mol. The number of esters is 1. The van der Waals surface area contributed by atoms with Crippen LogP contribution in [0.15, 0.2) is 40.9 Å². The van der Waals surface area contributed by atoms with E-state index in [1.54, 1.807) is 0 Å². The summed E-state index contributed by atoms with van der Waals surface area (Å²) in [6.07, 6.45) is 0. The Hall–Kier alpha value is -2.48. The SMILES string of the molecule is COC(=O)c1ccc([N+](=O)[O-])c(Oc2ccc(Br)cc2F)c1. The summed E-state index contributed by atoms with van der Waals surface area (Å²) in [5.74, 6) is -1.84. The van der Waals surface area contributed by atoms with Crippen molar-refractivity contribution in [3.8, 4) is 11.5 Å². The summed E-state index contributed by atoms with van der Waals surface area (Å²) in [6.45, 7) is 0. The van der Waals surface area contributed by atoms with Gasteiger partial charge in [-0.25, -0.2) is 9.18 Å². The lowest BCUT2D eigenvalue weighted by molar-refractivity contribution is -0.385. The van der Waals surface area contributed by atoms with Crippen LogP contribution in [0.1, 0.15) is 10.4 Å². The Kier molecular flexibility index (Phi) is 4.71. The summed E-state index contributed by atoms with van der Waals surface area (Å²) in [4.78, 5) is 21.8. The van der Waals surface area contributed by atoms with Crippen molar-refractivity contribution in [2.75, 3.05) is 7.11 Å². The highest BCUT2D eigenvalue weighted by Gasteiger charge is 2.20. The molecule has 0 aliphatic rings. The number of nitrogens with zero attached hydrogens (tertiary/aromatic N) is 1. The normalized spacial score (nSPS) is 10.1. The fourth-order valence-electron chi connectivity index (χ4n) is 1.67. The number of hydrogen-bond acceptors (Lipinski definition) is 5. The van der Waals surface area contributed by atoms with Gasteiger partial charge in [0.25, 0.3) is 0 Å². The van der Waals surface area contributed by atoms with Crippen molar-refractivity contribution in [2.24, 2.45) is 0 Å². The van der Waals surface area contributed by atoms with Crippen LogP contribution in [0, 0.1) is 15.9 Å². The molecule has 0 bridgehead atoms. The smallest absolute Gasteiger partial charge is 0.337 e. The Morgan fingerprint density at radius 2 is 1.95 bits per heavy atom. The summed E-state index contributed by atoms with van der Waals surface area (Å²) in [6, 6.07) is 7.45. The largest absolute Gasteiger partial charge is 0.465 e. The molecule has 0 N–H and O–H groups in total. The second kappa shape index (κ2) is 6.52. The Labute approximate surface area is 132 Å². The predicted octanol–water partition coefficient (Wildman–Crippen LogP) is 4.08. The van der Waals surface area contributed by atoms with Crippen molar-refractivity contribution < 1.29 is 23.6 Å². The van der Waals surface area contributed by atoms with Gasteiger partial charge in [0.1, 0.15) is 0 Å². The van der Waals surface area contributed by atoms with Gasteiger partial charge in [0, 0.05) is 16.6 Å². The van der Waals surface area contributed by atoms with Crippen molar-refractivity contribution in [3.63, 3.8) is 0 Å². The van der Waals surface area contributed by atoms with Crippen molar-refractivity contribution in [2.45, 2.75) is 0 Å². The number of methoxy groups -OCH3 is 1. The average Bonchev–Trinajstić information content (AvgIpc) is 2.49. The zero-order valence-corrected chi connectivity index (χ0v) is 12.8. The third-order valence-corrected chi connectivity index (χ3v) is 3.18. The Morgan fingerprint density at radius 1 is 1.23 bits per heavy atom. The molecule has 0 fully saturated rings. The molecule has 2 aromatic carbocycles. The highest BCUT2D eigenvalue weighted by atomic mass is 79.9. The molecule has 0 amide bonds. The summed E-state index contributed by atoms with van der Waals surface area (Å²) >= 11 is 3.09. The van der Waals surface area contributed by atoms with Crippen LogP contribution in [0.2, 0.25) is 0 Å². The molecule has 0 aliphatic heterocycles. The minimum absolute atomic E-state index is 0.0561. The first-order valence-electron chi connectivity index (χ1n) is 5.92. The first kappa shape index (κ1) is 15.9. The first-order valence-corrected chi connectivity index (χ1v) is 6.71. The Morgan fingerprint density at radius 3 is 2.55 bits per heavy atom. The summed E-state index contributed by atoms with van der Waals surface area (Å²) in [7, 11) is 1.18. The maximum absolute atomic E-state index is 13.8. The molecule has 6 nitrogen and oxygen atoms in total. The molecule has 0 atom stereocenters. The van der Waals surface area contributed by atoms with Crippen LogP contribution in [0.4, 0.5) is 10.1 Å². The Bertz CT molecular complexity index is 750. The topological polar surface area (TPSA) is 78.7 Å². The molecule has 0 saturated carbocycles. The zero-order valence-electron chi connectivity index (χ0n) is 11.2. The van der Waals surface area contributed by atoms with E-state index in [-0.39, 0.29) is 17.1 Å². The molecular weight excluding hydrogens is 361 g/mol. The van der Waals surface area contributed by atoms with Gasteiger partial charge in [-0.3, -0.25) is 10.1 Å². The minimum Gasteiger partial charge on any atom is -0.465 e. The van der Waals surface area contributed by atoms with Gasteiger partial charge in [-0.1, -0.05) is 15.9 Å². The molecule has 2 aromatic rings. The van der Waals surface area contributed by atoms with Crippen molar-refractivity contribution >= 4 is 27.6 Å². The van der Waals surface area contributed by atoms with Gasteiger partial charge in [0.05, 0.1) is 17.6 Å². The van der Waals surface area contributed by atoms with Crippen LogP contribution in [-0.2, 0) is 4.74 Å². The third-order valence-electron chi connectivity index (χ3n) is 2.69. The van der Waals surface area contributed by atoms with Crippen LogP contribution >= 0.6 is 15.9 Å². The number of nitro benzene ring substituents is 1. The second-order valence-corrected chi connectivity index (χ2v) is 5.02. The van der Waals surface area contributed by atoms with E-state index in [1.165, 1.54) is 25.3 Å². The molecule has 0 aliphatic carbocycles. The number of nitro groups is 1. The molecule has 0 radical (unpaired) electrons. The number of carbonyl (C=O) groups excluding carboxylic acids is 1. The maximum Gasteiger partial charge on any atom is 0.337 e. The van der Waals surface area contributed by atoms with Crippen LogP contribution in [-0.4, -0.2) is 18.0 Å². The number of ether oxygens (including phenoxy) is 2. The molecular formula is C14H9BrFNO5. The number of carbonyl (C=O) groups is 1. The predicted molar refractivity (Wildman–Crippen MR) is 78.6 cm³/mol. The van der Waals surface area contributed by atoms with Gasteiger partial charge in [0.15, 0.2) is 11.6 Å². The molecule has 114 valence electrons. The monoisotopic (exact) mass is 369 g/mol. The van der Waals surface area contributed by atoms with E-state index in [1.807, 2.05) is 0 Å². The number of hydrogen-bond donors (Lipinski definition) is 0. The standard InChI is InChI=1S/C14H9BrFNO5/c1-21-14(18)8-2-4-11(17(19)20)13(6-8)22-12-5-3-9(15)7-10(12)16/h2-7H,1H3. The highest BCUT2D eigenvalue weighted by Crippen LogP contribution is 2.34. The van der Waals surface area contributed by atoms with E-state index in [0.717, 1.165) is 18.2 Å². The van der Waals surface area contributed by atoms with Crippen LogP contribution in [0.3, 0.4) is 0 Å². The van der Waals surface area contributed by atoms with E-state index >= 15 is 0 Å². The van der Waals surface area contributed by atoms with E-state index in [2.05, 4.69) is 20.7 Å². The van der Waals surface area contributed by atoms with Gasteiger partial charge < -0.3 is 9.47 Å². The van der Waals surface area contributed by atoms with E-state index < -0.39 is 22.4 Å². The van der Waals surface area contributed by atoms with Crippen LogP contribution in [0.25, 0.3) is 0 Å². The number of halogens is 2. The molecule has 0 heterocycles. The quantitative estimate of drug-likeness (QED) is 0.461. The fraction of sp³-hybridized carbons (Fsp3) is 0.0714. The van der Waals surface area contributed by atoms with Crippen molar-refractivity contribution in [1.82, 2.24) is 0 Å². The lowest BCUT2D eigenvalue weighted by atomic mass is 10.2. The molecule has 22 heavy (non-hydrogen) atoms. The van der Waals surface area contributed by atoms with Gasteiger partial charge >= 0.3 is 11.7 Å².